The van der Waals surface area contributed by atoms with Gasteiger partial charge in [0.1, 0.15) is 12.7 Å². The maximum absolute atomic E-state index is 12.2. The van der Waals surface area contributed by atoms with Gasteiger partial charge in [-0.15, -0.1) is 0 Å². The van der Waals surface area contributed by atoms with E-state index in [0.29, 0.717) is 6.42 Å². The van der Waals surface area contributed by atoms with Crippen molar-refractivity contribution in [3.63, 3.8) is 0 Å². The highest BCUT2D eigenvalue weighted by Gasteiger charge is 2.23. The molecule has 0 fully saturated rings. The van der Waals surface area contributed by atoms with Crippen LogP contribution in [-0.2, 0) is 9.53 Å². The number of aliphatic hydroxyl groups is 4. The Morgan fingerprint density at radius 3 is 1.57 bits per heavy atom. The highest BCUT2D eigenvalue weighted by molar-refractivity contribution is 5.72. The molecular weight excluding hydrogens is 384 g/mol. The predicted octanol–water partition coefficient (Wildman–Crippen LogP) is 4.11. The lowest BCUT2D eigenvalue weighted by molar-refractivity contribution is -0.153. The van der Waals surface area contributed by atoms with E-state index in [4.69, 9.17) is 14.9 Å². The van der Waals surface area contributed by atoms with Crippen LogP contribution < -0.4 is 0 Å². The van der Waals surface area contributed by atoms with Crippen molar-refractivity contribution in [3.8, 4) is 0 Å². The standard InChI is InChI=1S/C24H48O6/c1-2-3-4-5-6-7-8-9-10-11-12-13-14-15-16-21(17-22(27)18-25)24(29)30-20-23(28)19-26/h21-23,25-28H,2-20H2,1H3. The van der Waals surface area contributed by atoms with Crippen molar-refractivity contribution in [2.45, 2.75) is 122 Å². The van der Waals surface area contributed by atoms with Gasteiger partial charge in [0.15, 0.2) is 0 Å². The fourth-order valence-corrected chi connectivity index (χ4v) is 3.67. The Morgan fingerprint density at radius 2 is 1.13 bits per heavy atom. The minimum Gasteiger partial charge on any atom is -0.463 e. The molecule has 3 atom stereocenters. The first-order valence-corrected chi connectivity index (χ1v) is 12.3. The van der Waals surface area contributed by atoms with Gasteiger partial charge in [0.2, 0.25) is 0 Å². The van der Waals surface area contributed by atoms with Crippen LogP contribution in [0.15, 0.2) is 0 Å². The van der Waals surface area contributed by atoms with Gasteiger partial charge in [-0.1, -0.05) is 96.8 Å². The molecule has 0 aliphatic heterocycles. The Kier molecular flexibility index (Phi) is 21.0. The molecule has 0 saturated heterocycles. The zero-order chi connectivity index (χ0) is 22.5. The Hall–Kier alpha value is -0.690. The summed E-state index contributed by atoms with van der Waals surface area (Å²) in [4.78, 5) is 12.2. The van der Waals surface area contributed by atoms with Gasteiger partial charge in [-0.2, -0.15) is 0 Å². The fourth-order valence-electron chi connectivity index (χ4n) is 3.67. The van der Waals surface area contributed by atoms with Crippen molar-refractivity contribution in [2.24, 2.45) is 5.92 Å². The summed E-state index contributed by atoms with van der Waals surface area (Å²) >= 11 is 0. The maximum atomic E-state index is 12.2. The number of carbonyl (C=O) groups is 1. The first kappa shape index (κ1) is 29.3. The second-order valence-electron chi connectivity index (χ2n) is 8.62. The lowest BCUT2D eigenvalue weighted by Crippen LogP contribution is -2.28. The van der Waals surface area contributed by atoms with Crippen LogP contribution in [0.5, 0.6) is 0 Å². The van der Waals surface area contributed by atoms with E-state index in [0.717, 1.165) is 19.3 Å². The van der Waals surface area contributed by atoms with Gasteiger partial charge in [-0.05, 0) is 12.8 Å². The number of esters is 1. The third kappa shape index (κ3) is 18.1. The molecule has 4 N–H and O–H groups in total. The number of hydrogen-bond acceptors (Lipinski definition) is 6. The van der Waals surface area contributed by atoms with E-state index in [2.05, 4.69) is 6.92 Å². The molecule has 0 bridgehead atoms. The van der Waals surface area contributed by atoms with Crippen LogP contribution in [0.1, 0.15) is 110 Å². The van der Waals surface area contributed by atoms with Crippen molar-refractivity contribution in [3.05, 3.63) is 0 Å². The lowest BCUT2D eigenvalue weighted by atomic mass is 9.94. The Labute approximate surface area is 184 Å². The van der Waals surface area contributed by atoms with Crippen LogP contribution >= 0.6 is 0 Å². The van der Waals surface area contributed by atoms with E-state index in [9.17, 15) is 15.0 Å². The smallest absolute Gasteiger partial charge is 0.309 e. The third-order valence-electron chi connectivity index (χ3n) is 5.64. The zero-order valence-corrected chi connectivity index (χ0v) is 19.3. The summed E-state index contributed by atoms with van der Waals surface area (Å²) in [6.45, 7) is 1.15. The second-order valence-corrected chi connectivity index (χ2v) is 8.62. The van der Waals surface area contributed by atoms with Gasteiger partial charge in [0, 0.05) is 0 Å². The number of rotatable bonds is 22. The Morgan fingerprint density at radius 1 is 0.700 bits per heavy atom. The molecule has 6 nitrogen and oxygen atoms in total. The van der Waals surface area contributed by atoms with E-state index in [-0.39, 0.29) is 19.6 Å². The summed E-state index contributed by atoms with van der Waals surface area (Å²) in [5.41, 5.74) is 0. The van der Waals surface area contributed by atoms with E-state index < -0.39 is 30.7 Å². The van der Waals surface area contributed by atoms with Crippen molar-refractivity contribution in [1.82, 2.24) is 0 Å². The molecule has 0 aromatic heterocycles. The summed E-state index contributed by atoms with van der Waals surface area (Å²) < 4.78 is 5.03. The Balaban J connectivity index is 3.76. The highest BCUT2D eigenvalue weighted by Crippen LogP contribution is 2.19. The molecule has 0 amide bonds. The van der Waals surface area contributed by atoms with Crippen LogP contribution in [0.25, 0.3) is 0 Å². The van der Waals surface area contributed by atoms with E-state index in [1.165, 1.54) is 70.6 Å². The van der Waals surface area contributed by atoms with Gasteiger partial charge >= 0.3 is 5.97 Å². The quantitative estimate of drug-likeness (QED) is 0.151. The van der Waals surface area contributed by atoms with Crippen LogP contribution in [-0.4, -0.2) is 58.4 Å². The minimum absolute atomic E-state index is 0.156. The highest BCUT2D eigenvalue weighted by atomic mass is 16.5. The third-order valence-corrected chi connectivity index (χ3v) is 5.64. The van der Waals surface area contributed by atoms with Crippen LogP contribution in [0.4, 0.5) is 0 Å². The van der Waals surface area contributed by atoms with E-state index in [1.807, 2.05) is 0 Å². The fraction of sp³-hybridized carbons (Fsp3) is 0.958. The summed E-state index contributed by atoms with van der Waals surface area (Å²) in [5.74, 6) is -0.972. The zero-order valence-electron chi connectivity index (χ0n) is 19.3. The SMILES string of the molecule is CCCCCCCCCCCCCCCCC(CC(O)CO)C(=O)OCC(O)CO. The molecule has 180 valence electrons. The van der Waals surface area contributed by atoms with Gasteiger partial charge < -0.3 is 25.2 Å². The average molecular weight is 433 g/mol. The monoisotopic (exact) mass is 432 g/mol. The van der Waals surface area contributed by atoms with Crippen LogP contribution in [0, 0.1) is 5.92 Å². The van der Waals surface area contributed by atoms with Crippen molar-refractivity contribution < 1.29 is 30.0 Å². The van der Waals surface area contributed by atoms with Gasteiger partial charge in [-0.3, -0.25) is 4.79 Å². The molecule has 0 heterocycles. The molecule has 0 saturated carbocycles. The molecule has 0 aromatic rings. The normalized spacial score (nSPS) is 14.4. The van der Waals surface area contributed by atoms with Crippen molar-refractivity contribution in [1.29, 1.82) is 0 Å². The molecule has 0 aromatic carbocycles. The van der Waals surface area contributed by atoms with Crippen LogP contribution in [0.3, 0.4) is 0 Å². The molecule has 30 heavy (non-hydrogen) atoms. The molecule has 0 rings (SSSR count). The average Bonchev–Trinajstić information content (AvgIpc) is 2.76. The minimum atomic E-state index is -1.08. The van der Waals surface area contributed by atoms with Crippen LogP contribution in [0.2, 0.25) is 0 Å². The van der Waals surface area contributed by atoms with Crippen molar-refractivity contribution in [2.75, 3.05) is 19.8 Å². The first-order chi connectivity index (χ1) is 14.5. The van der Waals surface area contributed by atoms with Gasteiger partial charge in [0.25, 0.3) is 0 Å². The van der Waals surface area contributed by atoms with E-state index >= 15 is 0 Å². The Bertz CT molecular complexity index is 377. The number of ether oxygens (including phenoxy) is 1. The number of hydrogen-bond donors (Lipinski definition) is 4. The summed E-state index contributed by atoms with van der Waals surface area (Å²) in [7, 11) is 0. The molecule has 0 spiro atoms. The van der Waals surface area contributed by atoms with E-state index in [1.54, 1.807) is 0 Å². The molecule has 3 unspecified atom stereocenters. The topological polar surface area (TPSA) is 107 Å². The molecule has 0 radical (unpaired) electrons. The molecule has 0 aliphatic rings. The van der Waals surface area contributed by atoms with Gasteiger partial charge in [0.05, 0.1) is 25.2 Å². The summed E-state index contributed by atoms with van der Waals surface area (Å²) in [6.07, 6.45) is 16.5. The van der Waals surface area contributed by atoms with Crippen molar-refractivity contribution >= 4 is 5.97 Å². The molecular formula is C24H48O6. The maximum Gasteiger partial charge on any atom is 0.309 e. The second kappa shape index (κ2) is 21.5. The lowest BCUT2D eigenvalue weighted by Gasteiger charge is -2.19. The van der Waals surface area contributed by atoms with Gasteiger partial charge in [-0.25, -0.2) is 0 Å². The molecule has 6 heteroatoms. The number of unbranched alkanes of at least 4 members (excludes halogenated alkanes) is 13. The predicted molar refractivity (Wildman–Crippen MR) is 120 cm³/mol. The number of aliphatic hydroxyl groups excluding tert-OH is 4. The number of carbonyl (C=O) groups excluding carboxylic acids is 1. The first-order valence-electron chi connectivity index (χ1n) is 12.3. The summed E-state index contributed by atoms with van der Waals surface area (Å²) in [5, 5.41) is 36.8. The largest absolute Gasteiger partial charge is 0.463 e. The molecule has 0 aliphatic carbocycles. The summed E-state index contributed by atoms with van der Waals surface area (Å²) in [6, 6.07) is 0.